The number of carbonyl (C=O) groups is 3. The fourth-order valence-electron chi connectivity index (χ4n) is 7.93. The van der Waals surface area contributed by atoms with Crippen molar-refractivity contribution in [3.63, 3.8) is 0 Å². The molecule has 1 amide bonds. The van der Waals surface area contributed by atoms with E-state index in [2.05, 4.69) is 17.1 Å². The van der Waals surface area contributed by atoms with Gasteiger partial charge in [0.15, 0.2) is 17.7 Å². The summed E-state index contributed by atoms with van der Waals surface area (Å²) >= 11 is 0. The topological polar surface area (TPSA) is 139 Å². The van der Waals surface area contributed by atoms with E-state index in [-0.39, 0.29) is 29.9 Å². The van der Waals surface area contributed by atoms with E-state index in [4.69, 9.17) is 23.7 Å². The molecule has 3 aliphatic heterocycles. The fourth-order valence-corrected chi connectivity index (χ4v) is 7.93. The SMILES string of the molecule is CC[C@H]1OC(=O)C(C)C(=O)[C@H](C)[C@@H](OC2OC(CN(C)C)CC(N(C)C)C2O)[C@](C)(OC)C[C@@H](C)CN(C)[C@H](C)[C@H]2NC(=O)O[C@@]21C. The van der Waals surface area contributed by atoms with Crippen LogP contribution in [0.3, 0.4) is 0 Å². The second-order valence-corrected chi connectivity index (χ2v) is 15.2. The van der Waals surface area contributed by atoms with E-state index in [9.17, 15) is 19.5 Å². The van der Waals surface area contributed by atoms with Crippen molar-refractivity contribution in [1.29, 1.82) is 0 Å². The van der Waals surface area contributed by atoms with Crippen LogP contribution in [-0.2, 0) is 33.3 Å². The third-order valence-corrected chi connectivity index (χ3v) is 10.8. The summed E-state index contributed by atoms with van der Waals surface area (Å²) < 4.78 is 31.1. The second-order valence-electron chi connectivity index (χ2n) is 15.2. The number of likely N-dealkylation sites (N-methyl/N-ethyl adjacent to an activating group) is 3. The van der Waals surface area contributed by atoms with Crippen LogP contribution in [0.2, 0.25) is 0 Å². The summed E-state index contributed by atoms with van der Waals surface area (Å²) in [6, 6.07) is -0.902. The molecule has 272 valence electrons. The number of methoxy groups -OCH3 is 1. The van der Waals surface area contributed by atoms with Gasteiger partial charge in [0.1, 0.15) is 18.1 Å². The van der Waals surface area contributed by atoms with Crippen molar-refractivity contribution in [1.82, 2.24) is 20.0 Å². The highest BCUT2D eigenvalue weighted by Crippen LogP contribution is 2.38. The number of aliphatic hydroxyl groups is 1. The number of Topliss-reactive ketones (excluding diaryl/α,β-unsaturated/α-hetero) is 1. The zero-order valence-electron chi connectivity index (χ0n) is 30.9. The lowest BCUT2D eigenvalue weighted by Crippen LogP contribution is -2.60. The van der Waals surface area contributed by atoms with Crippen molar-refractivity contribution in [2.45, 2.75) is 128 Å². The van der Waals surface area contributed by atoms with Gasteiger partial charge in [0.05, 0.1) is 23.9 Å². The van der Waals surface area contributed by atoms with Gasteiger partial charge < -0.3 is 48.8 Å². The van der Waals surface area contributed by atoms with Crippen LogP contribution in [0.15, 0.2) is 0 Å². The Balaban J connectivity index is 2.06. The molecule has 0 aromatic heterocycles. The summed E-state index contributed by atoms with van der Waals surface area (Å²) in [6.45, 7) is 14.2. The van der Waals surface area contributed by atoms with Crippen LogP contribution in [-0.4, -0.2) is 153 Å². The zero-order chi connectivity index (χ0) is 35.6. The van der Waals surface area contributed by atoms with Crippen molar-refractivity contribution in [3.05, 3.63) is 0 Å². The molecule has 3 aliphatic rings. The van der Waals surface area contributed by atoms with Gasteiger partial charge in [0.25, 0.3) is 0 Å². The number of nitrogens with zero attached hydrogens (tertiary/aromatic N) is 3. The van der Waals surface area contributed by atoms with Crippen LogP contribution >= 0.6 is 0 Å². The number of carbonyl (C=O) groups excluding carboxylic acids is 3. The lowest BCUT2D eigenvalue weighted by Gasteiger charge is -2.47. The number of aliphatic hydroxyl groups excluding tert-OH is 1. The fraction of sp³-hybridized carbons (Fsp3) is 0.912. The molecule has 3 heterocycles. The molecule has 13 atom stereocenters. The zero-order valence-corrected chi connectivity index (χ0v) is 30.9. The molecule has 0 aromatic rings. The van der Waals surface area contributed by atoms with Crippen LogP contribution in [0, 0.1) is 17.8 Å². The number of ketones is 1. The predicted octanol–water partition coefficient (Wildman–Crippen LogP) is 2.13. The van der Waals surface area contributed by atoms with Crippen LogP contribution in [0.1, 0.15) is 67.7 Å². The number of cyclic esters (lactones) is 1. The van der Waals surface area contributed by atoms with Gasteiger partial charge >= 0.3 is 12.1 Å². The minimum atomic E-state index is -1.15. The molecule has 2 N–H and O–H groups in total. The number of alkyl carbamates (subject to hydrolysis) is 1. The van der Waals surface area contributed by atoms with Gasteiger partial charge in [-0.25, -0.2) is 4.79 Å². The molecule has 5 unspecified atom stereocenters. The molecule has 0 radical (unpaired) electrons. The third kappa shape index (κ3) is 8.66. The summed E-state index contributed by atoms with van der Waals surface area (Å²) in [5.74, 6) is -3.02. The van der Waals surface area contributed by atoms with Crippen LogP contribution < -0.4 is 5.32 Å². The molecule has 3 fully saturated rings. The Bertz CT molecular complexity index is 1090. The Morgan fingerprint density at radius 3 is 2.28 bits per heavy atom. The maximum absolute atomic E-state index is 14.2. The highest BCUT2D eigenvalue weighted by atomic mass is 16.7. The largest absolute Gasteiger partial charge is 0.458 e. The van der Waals surface area contributed by atoms with E-state index in [1.807, 2.05) is 65.8 Å². The quantitative estimate of drug-likeness (QED) is 0.303. The molecular formula is C34H62N4O9. The molecule has 0 aliphatic carbocycles. The molecule has 3 saturated heterocycles. The van der Waals surface area contributed by atoms with Gasteiger partial charge in [-0.05, 0) is 88.1 Å². The molecule has 0 aromatic carbocycles. The number of esters is 1. The first-order valence-corrected chi connectivity index (χ1v) is 17.1. The standard InChI is InChI=1S/C34H62N4O9/c1-14-25-34(7)28(35-32(42)47-34)22(5)38(12)17-19(2)16-33(6,43-13)29(20(3)26(39)21(4)30(41)45-25)46-31-27(40)24(37(10)11)15-23(44-31)18-36(8)9/h19-25,27-29,31,40H,14-18H2,1-13H3,(H,35,42)/t19-,20+,21?,22-,23?,24?,25-,27?,28-,29-,31?,33-,34-/m1/s1. The van der Waals surface area contributed by atoms with Gasteiger partial charge in [-0.2, -0.15) is 0 Å². The van der Waals surface area contributed by atoms with E-state index in [1.165, 1.54) is 6.92 Å². The lowest BCUT2D eigenvalue weighted by molar-refractivity contribution is -0.298. The van der Waals surface area contributed by atoms with E-state index < -0.39 is 65.7 Å². The number of nitrogens with one attached hydrogen (secondary N) is 1. The molecule has 47 heavy (non-hydrogen) atoms. The first kappa shape index (κ1) is 39.6. The Hall–Kier alpha value is -1.87. The minimum Gasteiger partial charge on any atom is -0.458 e. The van der Waals surface area contributed by atoms with Gasteiger partial charge in [-0.3, -0.25) is 9.59 Å². The molecule has 0 saturated carbocycles. The predicted molar refractivity (Wildman–Crippen MR) is 177 cm³/mol. The minimum absolute atomic E-state index is 0.0423. The van der Waals surface area contributed by atoms with Gasteiger partial charge in [0, 0.05) is 38.2 Å². The van der Waals surface area contributed by atoms with Gasteiger partial charge in [-0.1, -0.05) is 20.8 Å². The highest BCUT2D eigenvalue weighted by Gasteiger charge is 2.56. The lowest BCUT2D eigenvalue weighted by atomic mass is 9.78. The monoisotopic (exact) mass is 670 g/mol. The Kier molecular flexibility index (Phi) is 13.3. The number of hydrogen-bond donors (Lipinski definition) is 2. The van der Waals surface area contributed by atoms with Crippen molar-refractivity contribution >= 4 is 17.8 Å². The average molecular weight is 671 g/mol. The molecule has 3 rings (SSSR count). The van der Waals surface area contributed by atoms with Crippen molar-refractivity contribution < 1.29 is 43.2 Å². The smallest absolute Gasteiger partial charge is 0.408 e. The summed E-state index contributed by atoms with van der Waals surface area (Å²) in [5.41, 5.74) is -2.17. The first-order valence-electron chi connectivity index (χ1n) is 17.1. The van der Waals surface area contributed by atoms with Gasteiger partial charge in [0.2, 0.25) is 0 Å². The molecule has 0 bridgehead atoms. The number of rotatable bonds is 7. The van der Waals surface area contributed by atoms with E-state index in [0.29, 0.717) is 32.4 Å². The maximum atomic E-state index is 14.2. The van der Waals surface area contributed by atoms with Gasteiger partial charge in [-0.15, -0.1) is 0 Å². The Morgan fingerprint density at radius 1 is 1.09 bits per heavy atom. The van der Waals surface area contributed by atoms with E-state index in [0.717, 1.165) is 0 Å². The number of hydrogen-bond acceptors (Lipinski definition) is 12. The Labute approximate surface area is 281 Å². The summed E-state index contributed by atoms with van der Waals surface area (Å²) in [7, 11) is 11.3. The van der Waals surface area contributed by atoms with Crippen LogP contribution in [0.25, 0.3) is 0 Å². The first-order chi connectivity index (χ1) is 21.8. The average Bonchev–Trinajstić information content (AvgIpc) is 3.31. The summed E-state index contributed by atoms with van der Waals surface area (Å²) in [6.07, 6.45) is -3.01. The van der Waals surface area contributed by atoms with Crippen molar-refractivity contribution in [2.75, 3.05) is 55.4 Å². The summed E-state index contributed by atoms with van der Waals surface area (Å²) in [5, 5.41) is 14.5. The van der Waals surface area contributed by atoms with Crippen LogP contribution in [0.4, 0.5) is 4.79 Å². The highest BCUT2D eigenvalue weighted by molar-refractivity contribution is 6.00. The molecule has 13 heteroatoms. The number of ether oxygens (including phenoxy) is 5. The van der Waals surface area contributed by atoms with Crippen LogP contribution in [0.5, 0.6) is 0 Å². The normalized spacial score (nSPS) is 43.1. The maximum Gasteiger partial charge on any atom is 0.408 e. The number of fused-ring (bicyclic) bond motifs is 1. The Morgan fingerprint density at radius 2 is 1.72 bits per heavy atom. The molecule has 0 spiro atoms. The second kappa shape index (κ2) is 15.8. The molecule has 13 nitrogen and oxygen atoms in total. The van der Waals surface area contributed by atoms with E-state index in [1.54, 1.807) is 21.0 Å². The number of amides is 1. The van der Waals surface area contributed by atoms with E-state index >= 15 is 0 Å². The van der Waals surface area contributed by atoms with Crippen molar-refractivity contribution in [3.8, 4) is 0 Å². The summed E-state index contributed by atoms with van der Waals surface area (Å²) in [4.78, 5) is 46.6. The third-order valence-electron chi connectivity index (χ3n) is 10.8. The molecular weight excluding hydrogens is 608 g/mol. The van der Waals surface area contributed by atoms with Crippen molar-refractivity contribution in [2.24, 2.45) is 17.8 Å².